The van der Waals surface area contributed by atoms with E-state index in [-0.39, 0.29) is 23.4 Å². The molecule has 1 atom stereocenters. The topological polar surface area (TPSA) is 79.8 Å². The molecule has 0 aliphatic heterocycles. The van der Waals surface area contributed by atoms with Gasteiger partial charge in [0.15, 0.2) is 0 Å². The second-order valence-corrected chi connectivity index (χ2v) is 6.50. The number of rotatable bonds is 6. The molecular formula is C20H22N4O2. The van der Waals surface area contributed by atoms with E-state index in [1.807, 2.05) is 54.9 Å². The second kappa shape index (κ2) is 7.82. The molecular weight excluding hydrogens is 328 g/mol. The van der Waals surface area contributed by atoms with E-state index in [0.717, 1.165) is 5.56 Å². The number of benzene rings is 1. The lowest BCUT2D eigenvalue weighted by Gasteiger charge is -2.21. The van der Waals surface area contributed by atoms with Gasteiger partial charge in [-0.15, -0.1) is 0 Å². The quantitative estimate of drug-likeness (QED) is 0.717. The number of carbonyl (C=O) groups is 1. The standard InChI is InChI=1S/C20H22N4O2/c1-14(2)19-16(8-9-18(25)23-19)20(26)22-17(12-24-11-10-21-13-24)15-6-4-3-5-7-15/h3-11,13-14,17H,12H2,1-2H3,(H,22,26)(H,23,25). The predicted molar refractivity (Wildman–Crippen MR) is 100 cm³/mol. The molecule has 3 aromatic rings. The Morgan fingerprint density at radius 2 is 1.96 bits per heavy atom. The molecule has 0 fully saturated rings. The number of nitrogens with one attached hydrogen (secondary N) is 2. The van der Waals surface area contributed by atoms with Crippen molar-refractivity contribution in [2.24, 2.45) is 0 Å². The molecule has 0 bridgehead atoms. The lowest BCUT2D eigenvalue weighted by molar-refractivity contribution is 0.0930. The number of amides is 1. The molecule has 0 aliphatic rings. The van der Waals surface area contributed by atoms with E-state index in [9.17, 15) is 9.59 Å². The summed E-state index contributed by atoms with van der Waals surface area (Å²) in [5.74, 6) is -0.174. The van der Waals surface area contributed by atoms with Crippen LogP contribution < -0.4 is 10.9 Å². The lowest BCUT2D eigenvalue weighted by Crippen LogP contribution is -2.32. The van der Waals surface area contributed by atoms with Crippen molar-refractivity contribution >= 4 is 5.91 Å². The zero-order chi connectivity index (χ0) is 18.5. The van der Waals surface area contributed by atoms with Crippen LogP contribution in [0.4, 0.5) is 0 Å². The average Bonchev–Trinajstić information content (AvgIpc) is 3.14. The fourth-order valence-electron chi connectivity index (χ4n) is 2.91. The summed E-state index contributed by atoms with van der Waals surface area (Å²) < 4.78 is 1.92. The highest BCUT2D eigenvalue weighted by Crippen LogP contribution is 2.19. The predicted octanol–water partition coefficient (Wildman–Crippen LogP) is 2.87. The van der Waals surface area contributed by atoms with Crippen LogP contribution in [0.1, 0.15) is 47.4 Å². The molecule has 1 aromatic carbocycles. The number of hydrogen-bond acceptors (Lipinski definition) is 3. The van der Waals surface area contributed by atoms with Crippen molar-refractivity contribution in [3.05, 3.63) is 88.4 Å². The van der Waals surface area contributed by atoms with E-state index in [1.54, 1.807) is 18.6 Å². The van der Waals surface area contributed by atoms with Crippen LogP contribution >= 0.6 is 0 Å². The van der Waals surface area contributed by atoms with Crippen molar-refractivity contribution in [2.75, 3.05) is 0 Å². The minimum absolute atomic E-state index is 0.0356. The first-order valence-corrected chi connectivity index (χ1v) is 8.59. The van der Waals surface area contributed by atoms with Gasteiger partial charge in [-0.1, -0.05) is 44.2 Å². The highest BCUT2D eigenvalue weighted by molar-refractivity contribution is 5.95. The Hall–Kier alpha value is -3.15. The van der Waals surface area contributed by atoms with Crippen LogP contribution in [0.3, 0.4) is 0 Å². The average molecular weight is 350 g/mol. The number of pyridine rings is 1. The molecule has 2 aromatic heterocycles. The zero-order valence-corrected chi connectivity index (χ0v) is 14.8. The van der Waals surface area contributed by atoms with Crippen LogP contribution in [0.5, 0.6) is 0 Å². The van der Waals surface area contributed by atoms with Gasteiger partial charge in [0.05, 0.1) is 17.9 Å². The molecule has 1 unspecified atom stereocenters. The molecule has 6 heteroatoms. The maximum absolute atomic E-state index is 12.9. The van der Waals surface area contributed by atoms with E-state index in [4.69, 9.17) is 0 Å². The van der Waals surface area contributed by atoms with Crippen molar-refractivity contribution in [3.8, 4) is 0 Å². The van der Waals surface area contributed by atoms with Crippen LogP contribution in [0, 0.1) is 0 Å². The molecule has 0 aliphatic carbocycles. The molecule has 3 rings (SSSR count). The number of hydrogen-bond donors (Lipinski definition) is 2. The Labute approximate surface area is 151 Å². The fourth-order valence-corrected chi connectivity index (χ4v) is 2.91. The van der Waals surface area contributed by atoms with Crippen LogP contribution in [0.25, 0.3) is 0 Å². The molecule has 2 N–H and O–H groups in total. The van der Waals surface area contributed by atoms with Crippen LogP contribution in [-0.2, 0) is 6.54 Å². The van der Waals surface area contributed by atoms with Gasteiger partial charge >= 0.3 is 0 Å². The van der Waals surface area contributed by atoms with Gasteiger partial charge in [0.2, 0.25) is 5.56 Å². The summed E-state index contributed by atoms with van der Waals surface area (Å²) >= 11 is 0. The van der Waals surface area contributed by atoms with Crippen molar-refractivity contribution < 1.29 is 4.79 Å². The highest BCUT2D eigenvalue weighted by Gasteiger charge is 2.20. The summed E-state index contributed by atoms with van der Waals surface area (Å²) in [5.41, 5.74) is 1.93. The molecule has 6 nitrogen and oxygen atoms in total. The summed E-state index contributed by atoms with van der Waals surface area (Å²) in [6, 6.07) is 12.6. The Balaban J connectivity index is 1.89. The van der Waals surface area contributed by atoms with Crippen molar-refractivity contribution in [1.29, 1.82) is 0 Å². The molecule has 26 heavy (non-hydrogen) atoms. The lowest BCUT2D eigenvalue weighted by atomic mass is 10.0. The van der Waals surface area contributed by atoms with E-state index in [0.29, 0.717) is 17.8 Å². The Bertz CT molecular complexity index is 914. The minimum atomic E-state index is -0.218. The van der Waals surface area contributed by atoms with Gasteiger partial charge in [0, 0.05) is 30.7 Å². The molecule has 0 saturated heterocycles. The second-order valence-electron chi connectivity index (χ2n) is 6.50. The fraction of sp³-hybridized carbons (Fsp3) is 0.250. The molecule has 2 heterocycles. The van der Waals surface area contributed by atoms with Crippen LogP contribution in [0.2, 0.25) is 0 Å². The normalized spacial score (nSPS) is 12.1. The number of aromatic nitrogens is 3. The Kier molecular flexibility index (Phi) is 5.31. The van der Waals surface area contributed by atoms with E-state index >= 15 is 0 Å². The van der Waals surface area contributed by atoms with Gasteiger partial charge in [-0.25, -0.2) is 4.98 Å². The van der Waals surface area contributed by atoms with Crippen molar-refractivity contribution in [3.63, 3.8) is 0 Å². The summed E-state index contributed by atoms with van der Waals surface area (Å²) in [7, 11) is 0. The van der Waals surface area contributed by atoms with Crippen LogP contribution in [0.15, 0.2) is 66.0 Å². The van der Waals surface area contributed by atoms with E-state index in [1.165, 1.54) is 6.07 Å². The highest BCUT2D eigenvalue weighted by atomic mass is 16.2. The smallest absolute Gasteiger partial charge is 0.253 e. The van der Waals surface area contributed by atoms with Gasteiger partial charge in [-0.2, -0.15) is 0 Å². The number of H-pyrrole nitrogens is 1. The van der Waals surface area contributed by atoms with Gasteiger partial charge in [0.25, 0.3) is 5.91 Å². The largest absolute Gasteiger partial charge is 0.343 e. The zero-order valence-electron chi connectivity index (χ0n) is 14.8. The monoisotopic (exact) mass is 350 g/mol. The van der Waals surface area contributed by atoms with Gasteiger partial charge in [0.1, 0.15) is 0 Å². The minimum Gasteiger partial charge on any atom is -0.343 e. The molecule has 0 spiro atoms. The first kappa shape index (κ1) is 17.7. The van der Waals surface area contributed by atoms with Gasteiger partial charge < -0.3 is 14.9 Å². The molecule has 134 valence electrons. The maximum Gasteiger partial charge on any atom is 0.253 e. The SMILES string of the molecule is CC(C)c1[nH]c(=O)ccc1C(=O)NC(Cn1ccnc1)c1ccccc1. The number of carbonyl (C=O) groups excluding carboxylic acids is 1. The third-order valence-electron chi connectivity index (χ3n) is 4.23. The summed E-state index contributed by atoms with van der Waals surface area (Å²) in [4.78, 5) is 31.4. The summed E-state index contributed by atoms with van der Waals surface area (Å²) in [5, 5.41) is 3.09. The summed E-state index contributed by atoms with van der Waals surface area (Å²) in [6.45, 7) is 4.46. The van der Waals surface area contributed by atoms with Gasteiger partial charge in [-0.3, -0.25) is 9.59 Å². The third kappa shape index (κ3) is 4.08. The Morgan fingerprint density at radius 3 is 2.62 bits per heavy atom. The Morgan fingerprint density at radius 1 is 1.19 bits per heavy atom. The first-order valence-electron chi connectivity index (χ1n) is 8.59. The van der Waals surface area contributed by atoms with Gasteiger partial charge in [-0.05, 0) is 17.5 Å². The maximum atomic E-state index is 12.9. The van der Waals surface area contributed by atoms with Crippen LogP contribution in [-0.4, -0.2) is 20.4 Å². The van der Waals surface area contributed by atoms with Crippen molar-refractivity contribution in [2.45, 2.75) is 32.4 Å². The van der Waals surface area contributed by atoms with E-state index < -0.39 is 0 Å². The third-order valence-corrected chi connectivity index (χ3v) is 4.23. The number of imidazole rings is 1. The van der Waals surface area contributed by atoms with E-state index in [2.05, 4.69) is 15.3 Å². The van der Waals surface area contributed by atoms with Crippen molar-refractivity contribution in [1.82, 2.24) is 19.9 Å². The number of aromatic amines is 1. The first-order chi connectivity index (χ1) is 12.5. The molecule has 0 saturated carbocycles. The number of nitrogens with zero attached hydrogens (tertiary/aromatic N) is 2. The molecule has 0 radical (unpaired) electrons. The molecule has 1 amide bonds. The summed E-state index contributed by atoms with van der Waals surface area (Å²) in [6.07, 6.45) is 5.30.